The molecule has 1 heterocycles. The normalized spacial score (nSPS) is 10.5. The van der Waals surface area contributed by atoms with E-state index in [1.165, 1.54) is 12.8 Å². The van der Waals surface area contributed by atoms with Crippen LogP contribution in [0, 0.1) is 6.92 Å². The minimum absolute atomic E-state index is 0.430. The second-order valence-corrected chi connectivity index (χ2v) is 4.87. The van der Waals surface area contributed by atoms with Crippen molar-refractivity contribution in [1.82, 2.24) is 4.98 Å². The van der Waals surface area contributed by atoms with Gasteiger partial charge in [-0.1, -0.05) is 19.8 Å². The number of hydrogen-bond donors (Lipinski definition) is 0. The van der Waals surface area contributed by atoms with Gasteiger partial charge in [0.05, 0.1) is 5.01 Å². The molecule has 1 rings (SSSR count). The molecule has 0 radical (unpaired) electrons. The van der Waals surface area contributed by atoms with Crippen LogP contribution >= 0.6 is 22.9 Å². The minimum atomic E-state index is -0.430. The quantitative estimate of drug-likeness (QED) is 0.573. The minimum Gasteiger partial charge on any atom is -0.274 e. The number of aromatic nitrogens is 1. The van der Waals surface area contributed by atoms with Crippen molar-refractivity contribution in [3.8, 4) is 0 Å². The number of thiazole rings is 1. The molecule has 0 bridgehead atoms. The van der Waals surface area contributed by atoms with Gasteiger partial charge >= 0.3 is 0 Å². The van der Waals surface area contributed by atoms with Crippen molar-refractivity contribution in [2.24, 2.45) is 0 Å². The third-order valence-corrected chi connectivity index (χ3v) is 3.21. The Morgan fingerprint density at radius 1 is 1.50 bits per heavy atom. The van der Waals surface area contributed by atoms with E-state index in [0.29, 0.717) is 5.69 Å². The van der Waals surface area contributed by atoms with Crippen molar-refractivity contribution < 1.29 is 4.79 Å². The first-order chi connectivity index (χ1) is 6.65. The zero-order chi connectivity index (χ0) is 10.6. The number of rotatable bonds is 5. The monoisotopic (exact) mass is 231 g/mol. The first kappa shape index (κ1) is 11.7. The Bertz CT molecular complexity index is 322. The van der Waals surface area contributed by atoms with Crippen LogP contribution in [0.25, 0.3) is 0 Å². The number of hydrogen-bond acceptors (Lipinski definition) is 3. The maximum atomic E-state index is 11.0. The van der Waals surface area contributed by atoms with E-state index in [-0.39, 0.29) is 0 Å². The van der Waals surface area contributed by atoms with Crippen molar-refractivity contribution in [1.29, 1.82) is 0 Å². The molecular formula is C10H14ClNOS. The molecule has 0 aromatic carbocycles. The lowest BCUT2D eigenvalue weighted by Gasteiger charge is -1.96. The third kappa shape index (κ3) is 3.07. The molecule has 4 heteroatoms. The maximum absolute atomic E-state index is 11.0. The van der Waals surface area contributed by atoms with Gasteiger partial charge in [-0.25, -0.2) is 4.98 Å². The van der Waals surface area contributed by atoms with Gasteiger partial charge in [0.2, 0.25) is 0 Å². The van der Waals surface area contributed by atoms with Gasteiger partial charge in [0.25, 0.3) is 5.24 Å². The molecule has 14 heavy (non-hydrogen) atoms. The van der Waals surface area contributed by atoms with Gasteiger partial charge in [-0.2, -0.15) is 0 Å². The van der Waals surface area contributed by atoms with Crippen LogP contribution in [0.5, 0.6) is 0 Å². The van der Waals surface area contributed by atoms with Gasteiger partial charge in [0.15, 0.2) is 0 Å². The van der Waals surface area contributed by atoms with Crippen molar-refractivity contribution in [3.05, 3.63) is 15.6 Å². The Morgan fingerprint density at radius 3 is 2.79 bits per heavy atom. The second kappa shape index (κ2) is 5.47. The highest BCUT2D eigenvalue weighted by Crippen LogP contribution is 2.21. The van der Waals surface area contributed by atoms with E-state index in [4.69, 9.17) is 11.6 Å². The Hall–Kier alpha value is -0.410. The third-order valence-electron chi connectivity index (χ3n) is 2.00. The number of halogens is 1. The van der Waals surface area contributed by atoms with Crippen molar-refractivity contribution in [2.75, 3.05) is 0 Å². The summed E-state index contributed by atoms with van der Waals surface area (Å²) in [6.07, 6.45) is 4.40. The van der Waals surface area contributed by atoms with E-state index in [9.17, 15) is 4.79 Å². The van der Waals surface area contributed by atoms with Crippen molar-refractivity contribution in [2.45, 2.75) is 39.5 Å². The summed E-state index contributed by atoms with van der Waals surface area (Å²) in [6, 6.07) is 0. The first-order valence-electron chi connectivity index (χ1n) is 4.81. The van der Waals surface area contributed by atoms with Gasteiger partial charge < -0.3 is 0 Å². The molecule has 78 valence electrons. The van der Waals surface area contributed by atoms with E-state index >= 15 is 0 Å². The van der Waals surface area contributed by atoms with E-state index in [2.05, 4.69) is 11.9 Å². The van der Waals surface area contributed by atoms with Crippen LogP contribution in [0.2, 0.25) is 0 Å². The Labute approximate surface area is 93.3 Å². The SMILES string of the molecule is CCCCCc1sc(C)nc1C(=O)Cl. The lowest BCUT2D eigenvalue weighted by molar-refractivity contribution is 0.107. The molecule has 0 aliphatic rings. The molecule has 0 saturated heterocycles. The molecule has 0 atom stereocenters. The molecule has 0 aliphatic heterocycles. The first-order valence-corrected chi connectivity index (χ1v) is 6.00. The summed E-state index contributed by atoms with van der Waals surface area (Å²) in [6.45, 7) is 4.06. The molecule has 0 spiro atoms. The van der Waals surface area contributed by atoms with Gasteiger partial charge in [-0.3, -0.25) is 4.79 Å². The summed E-state index contributed by atoms with van der Waals surface area (Å²) in [5.41, 5.74) is 0.463. The molecule has 1 aromatic heterocycles. The summed E-state index contributed by atoms with van der Waals surface area (Å²) in [7, 11) is 0. The van der Waals surface area contributed by atoms with Crippen LogP contribution in [-0.2, 0) is 6.42 Å². The topological polar surface area (TPSA) is 30.0 Å². The van der Waals surface area contributed by atoms with Crippen LogP contribution in [-0.4, -0.2) is 10.2 Å². The average Bonchev–Trinajstić information content (AvgIpc) is 2.47. The second-order valence-electron chi connectivity index (χ2n) is 3.24. The summed E-state index contributed by atoms with van der Waals surface area (Å²) in [4.78, 5) is 16.2. The number of unbranched alkanes of at least 4 members (excludes halogenated alkanes) is 2. The van der Waals surface area contributed by atoms with Crippen molar-refractivity contribution >= 4 is 28.2 Å². The number of carbonyl (C=O) groups is 1. The van der Waals surface area contributed by atoms with E-state index in [1.807, 2.05) is 6.92 Å². The van der Waals surface area contributed by atoms with E-state index in [1.54, 1.807) is 11.3 Å². The predicted molar refractivity (Wildman–Crippen MR) is 60.3 cm³/mol. The Morgan fingerprint density at radius 2 is 2.21 bits per heavy atom. The van der Waals surface area contributed by atoms with Gasteiger partial charge in [0, 0.05) is 4.88 Å². The van der Waals surface area contributed by atoms with E-state index in [0.717, 1.165) is 22.7 Å². The van der Waals surface area contributed by atoms with E-state index < -0.39 is 5.24 Å². The fourth-order valence-electron chi connectivity index (χ4n) is 1.33. The lowest BCUT2D eigenvalue weighted by Crippen LogP contribution is -1.95. The molecule has 1 aromatic rings. The van der Waals surface area contributed by atoms with Crippen LogP contribution in [0.15, 0.2) is 0 Å². The summed E-state index contributed by atoms with van der Waals surface area (Å²) < 4.78 is 0. The molecule has 0 saturated carbocycles. The maximum Gasteiger partial charge on any atom is 0.271 e. The van der Waals surface area contributed by atoms with Gasteiger partial charge in [0.1, 0.15) is 5.69 Å². The van der Waals surface area contributed by atoms with Crippen LogP contribution < -0.4 is 0 Å². The van der Waals surface area contributed by atoms with Crippen LogP contribution in [0.4, 0.5) is 0 Å². The molecule has 0 N–H and O–H groups in total. The number of aryl methyl sites for hydroxylation is 2. The largest absolute Gasteiger partial charge is 0.274 e. The molecular weight excluding hydrogens is 218 g/mol. The summed E-state index contributed by atoms with van der Waals surface area (Å²) in [5, 5.41) is 0.487. The summed E-state index contributed by atoms with van der Waals surface area (Å²) >= 11 is 7.02. The standard InChI is InChI=1S/C10H14ClNOS/c1-3-4-5-6-8-9(10(11)13)12-7(2)14-8/h3-6H2,1-2H3. The highest BCUT2D eigenvalue weighted by atomic mass is 35.5. The average molecular weight is 232 g/mol. The molecule has 2 nitrogen and oxygen atoms in total. The highest BCUT2D eigenvalue weighted by Gasteiger charge is 2.13. The van der Waals surface area contributed by atoms with Crippen LogP contribution in [0.3, 0.4) is 0 Å². The predicted octanol–water partition coefficient (Wildman–Crippen LogP) is 3.56. The van der Waals surface area contributed by atoms with Gasteiger partial charge in [-0.05, 0) is 31.4 Å². The number of carbonyl (C=O) groups excluding carboxylic acids is 1. The Balaban J connectivity index is 2.69. The molecule has 0 aliphatic carbocycles. The smallest absolute Gasteiger partial charge is 0.271 e. The zero-order valence-corrected chi connectivity index (χ0v) is 10.0. The molecule has 0 unspecified atom stereocenters. The highest BCUT2D eigenvalue weighted by molar-refractivity contribution is 7.12. The fourth-order valence-corrected chi connectivity index (χ4v) is 2.52. The lowest BCUT2D eigenvalue weighted by atomic mass is 10.2. The van der Waals surface area contributed by atoms with Crippen LogP contribution in [0.1, 0.15) is 46.6 Å². The summed E-state index contributed by atoms with van der Waals surface area (Å²) in [5.74, 6) is 0. The fraction of sp³-hybridized carbons (Fsp3) is 0.600. The molecule has 0 amide bonds. The molecule has 0 fully saturated rings. The van der Waals surface area contributed by atoms with Gasteiger partial charge in [-0.15, -0.1) is 11.3 Å². The Kier molecular flexibility index (Phi) is 4.55. The zero-order valence-electron chi connectivity index (χ0n) is 8.47. The van der Waals surface area contributed by atoms with Crippen molar-refractivity contribution in [3.63, 3.8) is 0 Å². The number of nitrogens with zero attached hydrogens (tertiary/aromatic N) is 1.